The number of aryl methyl sites for hydroxylation is 1. The molecule has 13 nitrogen and oxygen atoms in total. The van der Waals surface area contributed by atoms with Crippen LogP contribution in [0.2, 0.25) is 0 Å². The Bertz CT molecular complexity index is 1810. The fourth-order valence-electron chi connectivity index (χ4n) is 5.12. The molecule has 1 saturated heterocycles. The molecule has 0 radical (unpaired) electrons. The fraction of sp³-hybridized carbons (Fsp3) is 0.360. The number of piperidine rings is 1. The highest BCUT2D eigenvalue weighted by Gasteiger charge is 2.71. The third kappa shape index (κ3) is 3.91. The van der Waals surface area contributed by atoms with Crippen LogP contribution in [0.25, 0.3) is 22.6 Å². The smallest absolute Gasteiger partial charge is 0.333 e. The lowest BCUT2D eigenvalue weighted by molar-refractivity contribution is -0.118. The van der Waals surface area contributed by atoms with E-state index >= 15 is 0 Å². The topological polar surface area (TPSA) is 157 Å². The van der Waals surface area contributed by atoms with Crippen molar-refractivity contribution in [1.82, 2.24) is 33.6 Å². The van der Waals surface area contributed by atoms with E-state index < -0.39 is 47.5 Å². The Morgan fingerprint density at radius 3 is 2.62 bits per heavy atom. The summed E-state index contributed by atoms with van der Waals surface area (Å²) in [5, 5.41) is 11.7. The van der Waals surface area contributed by atoms with Gasteiger partial charge in [0.1, 0.15) is 24.2 Å². The van der Waals surface area contributed by atoms with E-state index in [4.69, 9.17) is 5.26 Å². The molecule has 3 atom stereocenters. The van der Waals surface area contributed by atoms with E-state index in [-0.39, 0.29) is 30.1 Å². The predicted molar refractivity (Wildman–Crippen MR) is 138 cm³/mol. The number of carbonyl (C=O) groups is 1. The molecule has 2 unspecified atom stereocenters. The molecular formula is C25H22F2N10O3. The van der Waals surface area contributed by atoms with Crippen LogP contribution in [0.1, 0.15) is 13.0 Å². The van der Waals surface area contributed by atoms with E-state index in [2.05, 4.69) is 25.3 Å². The molecule has 0 aromatic carbocycles. The Labute approximate surface area is 224 Å². The summed E-state index contributed by atoms with van der Waals surface area (Å²) in [5.74, 6) is -3.19. The quantitative estimate of drug-likeness (QED) is 0.374. The molecule has 40 heavy (non-hydrogen) atoms. The van der Waals surface area contributed by atoms with Crippen LogP contribution in [0, 0.1) is 23.2 Å². The van der Waals surface area contributed by atoms with Gasteiger partial charge in [-0.15, -0.1) is 0 Å². The van der Waals surface area contributed by atoms with Gasteiger partial charge in [-0.2, -0.15) is 5.26 Å². The maximum atomic E-state index is 13.5. The third-order valence-electron chi connectivity index (χ3n) is 7.52. The molecule has 1 saturated carbocycles. The first-order valence-corrected chi connectivity index (χ1v) is 12.4. The molecular weight excluding hydrogens is 526 g/mol. The Morgan fingerprint density at radius 1 is 1.20 bits per heavy atom. The number of imidazole rings is 1. The van der Waals surface area contributed by atoms with Crippen LogP contribution in [0.3, 0.4) is 0 Å². The van der Waals surface area contributed by atoms with Gasteiger partial charge in [0.15, 0.2) is 17.0 Å². The molecule has 1 N–H and O–H groups in total. The first-order chi connectivity index (χ1) is 19.1. The zero-order chi connectivity index (χ0) is 28.3. The van der Waals surface area contributed by atoms with Crippen molar-refractivity contribution in [2.75, 3.05) is 23.3 Å². The lowest BCUT2D eigenvalue weighted by Gasteiger charge is -2.20. The van der Waals surface area contributed by atoms with Gasteiger partial charge in [0.05, 0.1) is 24.2 Å². The summed E-state index contributed by atoms with van der Waals surface area (Å²) >= 11 is 0. The summed E-state index contributed by atoms with van der Waals surface area (Å²) in [6.07, 6.45) is 4.31. The maximum Gasteiger partial charge on any atom is 0.333 e. The number of nitriles is 1. The molecule has 0 bridgehead atoms. The van der Waals surface area contributed by atoms with Gasteiger partial charge >= 0.3 is 5.69 Å². The van der Waals surface area contributed by atoms with Crippen molar-refractivity contribution in [3.63, 3.8) is 0 Å². The molecule has 1 aliphatic carbocycles. The van der Waals surface area contributed by atoms with Crippen molar-refractivity contribution in [3.05, 3.63) is 57.8 Å². The SMILES string of the molecule is C[C@@H](C(=O)Nc1ccnc(-c2ccc(N3CC4C(C3)C4(F)F)nc2)n1)n1cnc2c1c(=O)n(CC#N)c(=O)n2C. The van der Waals surface area contributed by atoms with E-state index in [1.54, 1.807) is 31.3 Å². The Balaban J connectivity index is 1.20. The number of anilines is 2. The average molecular weight is 549 g/mol. The summed E-state index contributed by atoms with van der Waals surface area (Å²) in [6, 6.07) is 5.83. The molecule has 5 heterocycles. The Morgan fingerprint density at radius 2 is 1.95 bits per heavy atom. The molecule has 15 heteroatoms. The van der Waals surface area contributed by atoms with Gasteiger partial charge in [-0.3, -0.25) is 14.2 Å². The van der Waals surface area contributed by atoms with Gasteiger partial charge in [-0.05, 0) is 25.1 Å². The molecule has 4 aromatic heterocycles. The van der Waals surface area contributed by atoms with E-state index in [0.717, 1.165) is 9.13 Å². The Hall–Kier alpha value is -5.00. The average Bonchev–Trinajstić information content (AvgIpc) is 3.38. The number of halogens is 2. The van der Waals surface area contributed by atoms with E-state index in [1.165, 1.54) is 30.2 Å². The first kappa shape index (κ1) is 25.3. The van der Waals surface area contributed by atoms with Crippen molar-refractivity contribution in [2.45, 2.75) is 25.4 Å². The van der Waals surface area contributed by atoms with Crippen molar-refractivity contribution >= 4 is 28.7 Å². The lowest BCUT2D eigenvalue weighted by Crippen LogP contribution is -2.40. The van der Waals surface area contributed by atoms with Crippen LogP contribution in [0.4, 0.5) is 20.4 Å². The highest BCUT2D eigenvalue weighted by molar-refractivity contribution is 5.93. The highest BCUT2D eigenvalue weighted by Crippen LogP contribution is 2.59. The second kappa shape index (κ2) is 9.04. The van der Waals surface area contributed by atoms with Gasteiger partial charge in [-0.25, -0.2) is 38.1 Å². The van der Waals surface area contributed by atoms with Crippen LogP contribution in [-0.2, 0) is 18.4 Å². The molecule has 1 aliphatic heterocycles. The summed E-state index contributed by atoms with van der Waals surface area (Å²) < 4.78 is 30.3. The van der Waals surface area contributed by atoms with Crippen molar-refractivity contribution in [3.8, 4) is 17.5 Å². The minimum Gasteiger partial charge on any atom is -0.356 e. The molecule has 2 aliphatic rings. The Kier molecular flexibility index (Phi) is 5.71. The number of aromatic nitrogens is 7. The standard InChI is InChI=1S/C25H22F2N10O3/c1-13(37-12-31-21-19(37)23(39)36(8-6-28)24(40)34(21)2)22(38)33-17-5-7-29-20(32-17)14-3-4-18(30-9-14)35-10-15-16(11-35)25(15,26)27/h3-5,7,9,12-13,15-16H,8,10-11H2,1-2H3,(H,29,32,33,38)/t13-,15?,16?/m0/s1. The zero-order valence-corrected chi connectivity index (χ0v) is 21.3. The van der Waals surface area contributed by atoms with Crippen LogP contribution < -0.4 is 21.5 Å². The van der Waals surface area contributed by atoms with Crippen LogP contribution in [-0.4, -0.2) is 58.6 Å². The molecule has 6 rings (SSSR count). The van der Waals surface area contributed by atoms with Gasteiger partial charge in [0.2, 0.25) is 5.91 Å². The molecule has 2 fully saturated rings. The van der Waals surface area contributed by atoms with Gasteiger partial charge < -0.3 is 14.8 Å². The molecule has 204 valence electrons. The number of rotatable bonds is 6. The van der Waals surface area contributed by atoms with Gasteiger partial charge in [0.25, 0.3) is 11.5 Å². The number of nitrogens with zero attached hydrogens (tertiary/aromatic N) is 9. The predicted octanol–water partition coefficient (Wildman–Crippen LogP) is 1.17. The summed E-state index contributed by atoms with van der Waals surface area (Å²) in [6.45, 7) is 1.66. The highest BCUT2D eigenvalue weighted by atomic mass is 19.3. The summed E-state index contributed by atoms with van der Waals surface area (Å²) in [7, 11) is 1.43. The third-order valence-corrected chi connectivity index (χ3v) is 7.52. The largest absolute Gasteiger partial charge is 0.356 e. The monoisotopic (exact) mass is 548 g/mol. The zero-order valence-electron chi connectivity index (χ0n) is 21.3. The number of nitrogens with one attached hydrogen (secondary N) is 1. The minimum absolute atomic E-state index is 0.00793. The van der Waals surface area contributed by atoms with Crippen LogP contribution >= 0.6 is 0 Å². The second-order valence-electron chi connectivity index (χ2n) is 9.84. The second-order valence-corrected chi connectivity index (χ2v) is 9.84. The number of amides is 1. The number of hydrogen-bond acceptors (Lipinski definition) is 9. The molecule has 4 aromatic rings. The number of alkyl halides is 2. The summed E-state index contributed by atoms with van der Waals surface area (Å²) in [4.78, 5) is 57.5. The first-order valence-electron chi connectivity index (χ1n) is 12.4. The van der Waals surface area contributed by atoms with Crippen LogP contribution in [0.15, 0.2) is 46.5 Å². The number of pyridine rings is 1. The molecule has 0 spiro atoms. The minimum atomic E-state index is -2.56. The molecule has 1 amide bonds. The van der Waals surface area contributed by atoms with E-state index in [9.17, 15) is 23.2 Å². The maximum absolute atomic E-state index is 13.5. The van der Waals surface area contributed by atoms with Gasteiger partial charge in [-0.1, -0.05) is 0 Å². The fourth-order valence-corrected chi connectivity index (χ4v) is 5.12. The normalized spacial score (nSPS) is 19.7. The van der Waals surface area contributed by atoms with E-state index in [1.807, 2.05) is 4.90 Å². The van der Waals surface area contributed by atoms with Crippen LogP contribution in [0.5, 0.6) is 0 Å². The number of fused-ring (bicyclic) bond motifs is 2. The lowest BCUT2D eigenvalue weighted by atomic mass is 10.2. The van der Waals surface area contributed by atoms with Crippen molar-refractivity contribution in [1.29, 1.82) is 5.26 Å². The number of carbonyl (C=O) groups excluding carboxylic acids is 1. The van der Waals surface area contributed by atoms with Crippen molar-refractivity contribution < 1.29 is 13.6 Å². The van der Waals surface area contributed by atoms with Crippen molar-refractivity contribution in [2.24, 2.45) is 18.9 Å². The van der Waals surface area contributed by atoms with Gasteiger partial charge in [0, 0.05) is 38.1 Å². The number of hydrogen-bond donors (Lipinski definition) is 1. The van der Waals surface area contributed by atoms with E-state index in [0.29, 0.717) is 17.2 Å². The summed E-state index contributed by atoms with van der Waals surface area (Å²) in [5.41, 5.74) is -0.743.